The van der Waals surface area contributed by atoms with Crippen molar-refractivity contribution in [3.05, 3.63) is 94.3 Å². The third kappa shape index (κ3) is 7.32. The van der Waals surface area contributed by atoms with Crippen molar-refractivity contribution in [1.29, 1.82) is 5.26 Å². The van der Waals surface area contributed by atoms with Gasteiger partial charge in [0.15, 0.2) is 18.1 Å². The number of carbonyl (C=O) groups excluding carboxylic acids is 2. The standard InChI is InChI=1S/C26H21ClFN3O4/c1-34-23-13-18(11-19(14-29)26(33)30-15-17-5-3-2-4-6-17)12-22(27)25(23)35-16-24(32)31-21-9-7-20(28)8-10-21/h2-13H,15-16H2,1H3,(H,30,33)(H,31,32). The fourth-order valence-corrected chi connectivity index (χ4v) is 3.29. The number of benzene rings is 3. The Morgan fingerprint density at radius 3 is 2.49 bits per heavy atom. The van der Waals surface area contributed by atoms with Crippen molar-refractivity contribution in [2.45, 2.75) is 6.54 Å². The predicted octanol–water partition coefficient (Wildman–Crippen LogP) is 4.73. The van der Waals surface area contributed by atoms with Gasteiger partial charge in [0.25, 0.3) is 11.8 Å². The second-order valence-corrected chi connectivity index (χ2v) is 7.62. The van der Waals surface area contributed by atoms with E-state index in [4.69, 9.17) is 21.1 Å². The van der Waals surface area contributed by atoms with E-state index in [0.29, 0.717) is 11.3 Å². The van der Waals surface area contributed by atoms with Crippen LogP contribution in [-0.4, -0.2) is 25.5 Å². The van der Waals surface area contributed by atoms with E-state index in [2.05, 4.69) is 10.6 Å². The molecule has 2 N–H and O–H groups in total. The van der Waals surface area contributed by atoms with Crippen LogP contribution in [0.5, 0.6) is 11.5 Å². The van der Waals surface area contributed by atoms with Gasteiger partial charge in [-0.15, -0.1) is 0 Å². The van der Waals surface area contributed by atoms with Gasteiger partial charge in [-0.1, -0.05) is 41.9 Å². The Morgan fingerprint density at radius 2 is 1.83 bits per heavy atom. The van der Waals surface area contributed by atoms with E-state index >= 15 is 0 Å². The first-order valence-electron chi connectivity index (χ1n) is 10.4. The number of nitriles is 1. The minimum Gasteiger partial charge on any atom is -0.493 e. The highest BCUT2D eigenvalue weighted by molar-refractivity contribution is 6.32. The van der Waals surface area contributed by atoms with Crippen molar-refractivity contribution in [2.24, 2.45) is 0 Å². The fourth-order valence-electron chi connectivity index (χ4n) is 3.02. The number of carbonyl (C=O) groups is 2. The van der Waals surface area contributed by atoms with Gasteiger partial charge in [0.1, 0.15) is 17.5 Å². The summed E-state index contributed by atoms with van der Waals surface area (Å²) in [6.45, 7) is -0.108. The molecule has 35 heavy (non-hydrogen) atoms. The number of anilines is 1. The molecule has 178 valence electrons. The van der Waals surface area contributed by atoms with Gasteiger partial charge < -0.3 is 20.1 Å². The van der Waals surface area contributed by atoms with Crippen LogP contribution in [0.1, 0.15) is 11.1 Å². The van der Waals surface area contributed by atoms with E-state index in [1.54, 1.807) is 0 Å². The average Bonchev–Trinajstić information content (AvgIpc) is 2.86. The lowest BCUT2D eigenvalue weighted by molar-refractivity contribution is -0.118. The lowest BCUT2D eigenvalue weighted by Crippen LogP contribution is -2.23. The smallest absolute Gasteiger partial charge is 0.262 e. The zero-order valence-corrected chi connectivity index (χ0v) is 19.4. The lowest BCUT2D eigenvalue weighted by atomic mass is 10.1. The van der Waals surface area contributed by atoms with Gasteiger partial charge in [0.05, 0.1) is 12.1 Å². The number of hydrogen-bond donors (Lipinski definition) is 2. The minimum atomic E-state index is -0.538. The average molecular weight is 494 g/mol. The Morgan fingerprint density at radius 1 is 1.11 bits per heavy atom. The Balaban J connectivity index is 1.68. The SMILES string of the molecule is COc1cc(C=C(C#N)C(=O)NCc2ccccc2)cc(Cl)c1OCC(=O)Nc1ccc(F)cc1. The Labute approximate surface area is 206 Å². The van der Waals surface area contributed by atoms with Crippen LogP contribution >= 0.6 is 11.6 Å². The summed E-state index contributed by atoms with van der Waals surface area (Å²) in [6.07, 6.45) is 1.37. The first-order chi connectivity index (χ1) is 16.9. The number of rotatable bonds is 9. The maximum absolute atomic E-state index is 13.0. The second-order valence-electron chi connectivity index (χ2n) is 7.22. The van der Waals surface area contributed by atoms with Crippen LogP contribution in [0.4, 0.5) is 10.1 Å². The number of halogens is 2. The van der Waals surface area contributed by atoms with Crippen molar-refractivity contribution in [3.8, 4) is 17.6 Å². The Bertz CT molecular complexity index is 1270. The summed E-state index contributed by atoms with van der Waals surface area (Å²) in [5.41, 5.74) is 1.62. The van der Waals surface area contributed by atoms with Crippen LogP contribution in [0, 0.1) is 17.1 Å². The van der Waals surface area contributed by atoms with Gasteiger partial charge in [0.2, 0.25) is 0 Å². The number of hydrogen-bond acceptors (Lipinski definition) is 5. The molecule has 3 aromatic carbocycles. The van der Waals surface area contributed by atoms with Crippen molar-refractivity contribution in [2.75, 3.05) is 19.0 Å². The van der Waals surface area contributed by atoms with E-state index in [9.17, 15) is 19.2 Å². The molecule has 0 heterocycles. The molecule has 0 unspecified atom stereocenters. The van der Waals surface area contributed by atoms with Crippen molar-refractivity contribution >= 4 is 35.2 Å². The number of methoxy groups -OCH3 is 1. The van der Waals surface area contributed by atoms with Crippen LogP contribution in [-0.2, 0) is 16.1 Å². The Hall–Kier alpha value is -4.35. The molecule has 0 saturated heterocycles. The number of nitrogens with zero attached hydrogens (tertiary/aromatic N) is 1. The van der Waals surface area contributed by atoms with Crippen molar-refractivity contribution in [3.63, 3.8) is 0 Å². The number of amides is 2. The summed E-state index contributed by atoms with van der Waals surface area (Å²) in [7, 11) is 1.39. The van der Waals surface area contributed by atoms with Crippen LogP contribution in [0.2, 0.25) is 5.02 Å². The molecule has 0 aliphatic heterocycles. The molecule has 3 aromatic rings. The first kappa shape index (κ1) is 25.3. The van der Waals surface area contributed by atoms with Crippen LogP contribution in [0.3, 0.4) is 0 Å². The fraction of sp³-hybridized carbons (Fsp3) is 0.115. The molecule has 0 spiro atoms. The van der Waals surface area contributed by atoms with E-state index in [-0.39, 0.29) is 35.2 Å². The molecule has 0 atom stereocenters. The lowest BCUT2D eigenvalue weighted by Gasteiger charge is -2.13. The molecule has 0 saturated carbocycles. The zero-order valence-electron chi connectivity index (χ0n) is 18.7. The summed E-state index contributed by atoms with van der Waals surface area (Å²) in [6, 6.07) is 19.5. The molecular formula is C26H21ClFN3O4. The van der Waals surface area contributed by atoms with Crippen LogP contribution < -0.4 is 20.1 Å². The highest BCUT2D eigenvalue weighted by Crippen LogP contribution is 2.37. The zero-order chi connectivity index (χ0) is 25.2. The normalized spacial score (nSPS) is 10.7. The quantitative estimate of drug-likeness (QED) is 0.331. The van der Waals surface area contributed by atoms with Gasteiger partial charge in [-0.2, -0.15) is 5.26 Å². The largest absolute Gasteiger partial charge is 0.493 e. The molecule has 0 bridgehead atoms. The predicted molar refractivity (Wildman–Crippen MR) is 130 cm³/mol. The minimum absolute atomic E-state index is 0.118. The highest BCUT2D eigenvalue weighted by atomic mass is 35.5. The summed E-state index contributed by atoms with van der Waals surface area (Å²) < 4.78 is 23.8. The molecule has 7 nitrogen and oxygen atoms in total. The third-order valence-corrected chi connectivity index (χ3v) is 4.98. The van der Waals surface area contributed by atoms with E-state index in [1.807, 2.05) is 36.4 Å². The van der Waals surface area contributed by atoms with Crippen molar-refractivity contribution in [1.82, 2.24) is 5.32 Å². The third-order valence-electron chi connectivity index (χ3n) is 4.70. The first-order valence-corrected chi connectivity index (χ1v) is 10.8. The molecule has 0 fully saturated rings. The van der Waals surface area contributed by atoms with E-state index in [1.165, 1.54) is 49.6 Å². The summed E-state index contributed by atoms with van der Waals surface area (Å²) >= 11 is 6.33. The van der Waals surface area contributed by atoms with Crippen molar-refractivity contribution < 1.29 is 23.5 Å². The van der Waals surface area contributed by atoms with Gasteiger partial charge in [0, 0.05) is 12.2 Å². The maximum Gasteiger partial charge on any atom is 0.262 e. The van der Waals surface area contributed by atoms with Gasteiger partial charge in [-0.25, -0.2) is 4.39 Å². The monoisotopic (exact) mass is 493 g/mol. The molecule has 3 rings (SSSR count). The Kier molecular flexibility index (Phi) is 8.82. The second kappa shape index (κ2) is 12.2. The molecule has 0 aliphatic rings. The molecule has 9 heteroatoms. The molecule has 2 amide bonds. The van der Waals surface area contributed by atoms with Gasteiger partial charge >= 0.3 is 0 Å². The summed E-state index contributed by atoms with van der Waals surface area (Å²) in [5, 5.41) is 14.8. The van der Waals surface area contributed by atoms with E-state index < -0.39 is 17.6 Å². The molecule has 0 aromatic heterocycles. The summed E-state index contributed by atoms with van der Waals surface area (Å²) in [4.78, 5) is 24.6. The van der Waals surface area contributed by atoms with E-state index in [0.717, 1.165) is 5.56 Å². The number of ether oxygens (including phenoxy) is 2. The summed E-state index contributed by atoms with van der Waals surface area (Å²) in [5.74, 6) is -1.11. The number of nitrogens with one attached hydrogen (secondary N) is 2. The highest BCUT2D eigenvalue weighted by Gasteiger charge is 2.15. The maximum atomic E-state index is 13.0. The van der Waals surface area contributed by atoms with Crippen LogP contribution in [0.25, 0.3) is 6.08 Å². The van der Waals surface area contributed by atoms with Gasteiger partial charge in [-0.05, 0) is 53.6 Å². The van der Waals surface area contributed by atoms with Gasteiger partial charge in [-0.3, -0.25) is 9.59 Å². The van der Waals surface area contributed by atoms with Crippen LogP contribution in [0.15, 0.2) is 72.3 Å². The topological polar surface area (TPSA) is 100 Å². The molecule has 0 radical (unpaired) electrons. The molecule has 0 aliphatic carbocycles. The molecular weight excluding hydrogens is 473 g/mol.